The van der Waals surface area contributed by atoms with Gasteiger partial charge in [-0.25, -0.2) is 0 Å². The van der Waals surface area contributed by atoms with Crippen molar-refractivity contribution < 1.29 is 24.5 Å². The standard InChI is InChI=1S/C62H117NO5/c1-3-5-7-9-11-13-15-17-19-20-21-22-23-24-25-27-30-34-38-42-46-50-54-60(65)59(58-64)63-61(66)55-51-47-43-39-35-31-28-29-33-37-41-45-49-53-57-68-62(67)56-52-48-44-40-36-32-26-18-16-14-12-10-8-6-4-2/h12,14,18,26,50,54,59-60,64-65H,3-11,13,15-17,19-25,27-49,51-53,55-58H2,1-2H3,(H,63,66)/b14-12-,26-18-,54-50+. The molecule has 0 radical (unpaired) electrons. The molecule has 0 aromatic carbocycles. The van der Waals surface area contributed by atoms with Crippen molar-refractivity contribution in [2.45, 2.75) is 334 Å². The van der Waals surface area contributed by atoms with E-state index in [1.807, 2.05) is 6.08 Å². The molecule has 0 fully saturated rings. The quantitative estimate of drug-likeness (QED) is 0.0321. The molecule has 0 heterocycles. The SMILES string of the molecule is CCCCC/C=C\C/C=C\CCCCCCCC(=O)OCCCCCCCCCCCCCCCCC(=O)NC(CO)C(O)/C=C/CCCCCCCCCCCCCCCCCCCCCC. The van der Waals surface area contributed by atoms with Crippen molar-refractivity contribution >= 4 is 11.9 Å². The minimum atomic E-state index is -0.854. The van der Waals surface area contributed by atoms with E-state index in [4.69, 9.17) is 4.74 Å². The van der Waals surface area contributed by atoms with E-state index in [0.29, 0.717) is 19.4 Å². The smallest absolute Gasteiger partial charge is 0.305 e. The predicted molar refractivity (Wildman–Crippen MR) is 296 cm³/mol. The number of allylic oxidation sites excluding steroid dienone is 5. The molecule has 0 aromatic rings. The molecule has 1 amide bonds. The number of ether oxygens (including phenoxy) is 1. The number of unbranched alkanes of at least 4 members (excludes halogenated alkanes) is 41. The number of carbonyl (C=O) groups is 2. The molecule has 6 heteroatoms. The number of amides is 1. The van der Waals surface area contributed by atoms with Crippen molar-refractivity contribution in [3.05, 3.63) is 36.5 Å². The predicted octanol–water partition coefficient (Wildman–Crippen LogP) is 18.8. The lowest BCUT2D eigenvalue weighted by Crippen LogP contribution is -2.45. The van der Waals surface area contributed by atoms with Gasteiger partial charge in [0.15, 0.2) is 0 Å². The fourth-order valence-electron chi connectivity index (χ4n) is 9.25. The molecule has 2 unspecified atom stereocenters. The van der Waals surface area contributed by atoms with E-state index in [-0.39, 0.29) is 18.5 Å². The number of carbonyl (C=O) groups excluding carboxylic acids is 2. The molecule has 0 bridgehead atoms. The lowest BCUT2D eigenvalue weighted by molar-refractivity contribution is -0.143. The maximum Gasteiger partial charge on any atom is 0.305 e. The Hall–Kier alpha value is -1.92. The summed E-state index contributed by atoms with van der Waals surface area (Å²) < 4.78 is 5.47. The number of nitrogens with one attached hydrogen (secondary N) is 1. The van der Waals surface area contributed by atoms with Crippen molar-refractivity contribution in [1.82, 2.24) is 5.32 Å². The Morgan fingerprint density at radius 1 is 0.412 bits per heavy atom. The Labute approximate surface area is 424 Å². The summed E-state index contributed by atoms with van der Waals surface area (Å²) in [5.74, 6) is -0.0938. The molecule has 6 nitrogen and oxygen atoms in total. The van der Waals surface area contributed by atoms with Crippen LogP contribution in [-0.4, -0.2) is 47.4 Å². The average Bonchev–Trinajstić information content (AvgIpc) is 3.34. The number of esters is 1. The molecule has 0 aliphatic rings. The fraction of sp³-hybridized carbons (Fsp3) is 0.871. The first kappa shape index (κ1) is 66.1. The summed E-state index contributed by atoms with van der Waals surface area (Å²) in [4.78, 5) is 24.5. The van der Waals surface area contributed by atoms with Crippen molar-refractivity contribution in [2.75, 3.05) is 13.2 Å². The van der Waals surface area contributed by atoms with Gasteiger partial charge in [0.05, 0.1) is 25.4 Å². The maximum absolute atomic E-state index is 12.5. The van der Waals surface area contributed by atoms with Crippen LogP contribution in [0.4, 0.5) is 0 Å². The van der Waals surface area contributed by atoms with Gasteiger partial charge in [-0.05, 0) is 64.2 Å². The highest BCUT2D eigenvalue weighted by Gasteiger charge is 2.18. The first-order chi connectivity index (χ1) is 33.5. The molecule has 0 aliphatic carbocycles. The highest BCUT2D eigenvalue weighted by Crippen LogP contribution is 2.17. The van der Waals surface area contributed by atoms with Crippen LogP contribution in [0.5, 0.6) is 0 Å². The number of hydrogen-bond acceptors (Lipinski definition) is 5. The number of rotatable bonds is 56. The third kappa shape index (κ3) is 53.4. The lowest BCUT2D eigenvalue weighted by Gasteiger charge is -2.20. The van der Waals surface area contributed by atoms with Crippen LogP contribution in [0.25, 0.3) is 0 Å². The van der Waals surface area contributed by atoms with Gasteiger partial charge in [0.2, 0.25) is 5.91 Å². The van der Waals surface area contributed by atoms with Crippen LogP contribution < -0.4 is 5.32 Å². The molecule has 2 atom stereocenters. The Kier molecular flexibility index (Phi) is 56.0. The van der Waals surface area contributed by atoms with Gasteiger partial charge in [-0.2, -0.15) is 0 Å². The van der Waals surface area contributed by atoms with E-state index in [1.165, 1.54) is 231 Å². The first-order valence-corrected chi connectivity index (χ1v) is 30.3. The molecule has 0 spiro atoms. The van der Waals surface area contributed by atoms with E-state index >= 15 is 0 Å². The number of hydrogen-bond donors (Lipinski definition) is 3. The summed E-state index contributed by atoms with van der Waals surface area (Å²) >= 11 is 0. The summed E-state index contributed by atoms with van der Waals surface area (Å²) in [5.41, 5.74) is 0. The van der Waals surface area contributed by atoms with Crippen LogP contribution in [-0.2, 0) is 14.3 Å². The molecular formula is C62H117NO5. The summed E-state index contributed by atoms with van der Waals surface area (Å²) in [6.07, 6.45) is 71.7. The molecule has 400 valence electrons. The number of aliphatic hydroxyl groups excluding tert-OH is 2. The second-order valence-electron chi connectivity index (χ2n) is 20.7. The molecule has 3 N–H and O–H groups in total. The zero-order valence-corrected chi connectivity index (χ0v) is 45.6. The van der Waals surface area contributed by atoms with Gasteiger partial charge in [-0.3, -0.25) is 9.59 Å². The summed E-state index contributed by atoms with van der Waals surface area (Å²) in [5, 5.41) is 23.2. The van der Waals surface area contributed by atoms with E-state index in [0.717, 1.165) is 64.2 Å². The van der Waals surface area contributed by atoms with Gasteiger partial charge in [0, 0.05) is 12.8 Å². The Bertz CT molecular complexity index is 1100. The van der Waals surface area contributed by atoms with E-state index in [9.17, 15) is 19.8 Å². The molecule has 68 heavy (non-hydrogen) atoms. The summed E-state index contributed by atoms with van der Waals surface area (Å²) in [7, 11) is 0. The van der Waals surface area contributed by atoms with Crippen LogP contribution in [0.1, 0.15) is 322 Å². The number of aliphatic hydroxyl groups is 2. The Balaban J connectivity index is 3.48. The van der Waals surface area contributed by atoms with Gasteiger partial charge in [-0.15, -0.1) is 0 Å². The monoisotopic (exact) mass is 956 g/mol. The van der Waals surface area contributed by atoms with Crippen LogP contribution in [0, 0.1) is 0 Å². The third-order valence-corrected chi connectivity index (χ3v) is 13.9. The highest BCUT2D eigenvalue weighted by atomic mass is 16.5. The molecule has 0 saturated heterocycles. The molecule has 0 rings (SSSR count). The van der Waals surface area contributed by atoms with Gasteiger partial charge in [0.25, 0.3) is 0 Å². The zero-order valence-electron chi connectivity index (χ0n) is 45.6. The molecule has 0 aromatic heterocycles. The Morgan fingerprint density at radius 3 is 1.15 bits per heavy atom. The minimum absolute atomic E-state index is 0.0171. The van der Waals surface area contributed by atoms with Crippen molar-refractivity contribution in [3.8, 4) is 0 Å². The van der Waals surface area contributed by atoms with Gasteiger partial charge in [0.1, 0.15) is 0 Å². The largest absolute Gasteiger partial charge is 0.466 e. The Morgan fingerprint density at radius 2 is 0.735 bits per heavy atom. The topological polar surface area (TPSA) is 95.9 Å². The molecule has 0 aliphatic heterocycles. The van der Waals surface area contributed by atoms with Gasteiger partial charge < -0.3 is 20.3 Å². The van der Waals surface area contributed by atoms with Crippen LogP contribution in [0.15, 0.2) is 36.5 Å². The molecular weight excluding hydrogens is 839 g/mol. The summed E-state index contributed by atoms with van der Waals surface area (Å²) in [6, 6.07) is -0.638. The highest BCUT2D eigenvalue weighted by molar-refractivity contribution is 5.76. The van der Waals surface area contributed by atoms with Crippen molar-refractivity contribution in [3.63, 3.8) is 0 Å². The minimum Gasteiger partial charge on any atom is -0.466 e. The normalized spacial score (nSPS) is 12.8. The second kappa shape index (κ2) is 57.7. The second-order valence-corrected chi connectivity index (χ2v) is 20.7. The van der Waals surface area contributed by atoms with E-state index < -0.39 is 12.1 Å². The van der Waals surface area contributed by atoms with Gasteiger partial charge >= 0.3 is 5.97 Å². The maximum atomic E-state index is 12.5. The lowest BCUT2D eigenvalue weighted by atomic mass is 10.0. The van der Waals surface area contributed by atoms with Crippen molar-refractivity contribution in [1.29, 1.82) is 0 Å². The van der Waals surface area contributed by atoms with Crippen LogP contribution in [0.2, 0.25) is 0 Å². The summed E-state index contributed by atoms with van der Waals surface area (Å²) in [6.45, 7) is 4.87. The van der Waals surface area contributed by atoms with Crippen LogP contribution in [0.3, 0.4) is 0 Å². The average molecular weight is 957 g/mol. The van der Waals surface area contributed by atoms with E-state index in [2.05, 4.69) is 43.5 Å². The fourth-order valence-corrected chi connectivity index (χ4v) is 9.25. The van der Waals surface area contributed by atoms with Crippen LogP contribution >= 0.6 is 0 Å². The first-order valence-electron chi connectivity index (χ1n) is 30.3. The van der Waals surface area contributed by atoms with E-state index in [1.54, 1.807) is 6.08 Å². The molecule has 0 saturated carbocycles. The van der Waals surface area contributed by atoms with Crippen molar-refractivity contribution in [2.24, 2.45) is 0 Å². The van der Waals surface area contributed by atoms with Gasteiger partial charge in [-0.1, -0.05) is 281 Å². The zero-order chi connectivity index (χ0) is 49.3. The third-order valence-electron chi connectivity index (χ3n) is 13.9.